The molecule has 0 saturated heterocycles. The van der Waals surface area contributed by atoms with Crippen molar-refractivity contribution in [3.05, 3.63) is 0 Å². The van der Waals surface area contributed by atoms with Gasteiger partial charge in [-0.05, 0) is 6.42 Å². The summed E-state index contributed by atoms with van der Waals surface area (Å²) < 4.78 is 0. The molecule has 0 fully saturated rings. The van der Waals surface area contributed by atoms with Crippen LogP contribution in [0.3, 0.4) is 0 Å². The first-order valence-electron chi connectivity index (χ1n) is 11.1. The van der Waals surface area contributed by atoms with Gasteiger partial charge in [-0.2, -0.15) is 0 Å². The van der Waals surface area contributed by atoms with Crippen molar-refractivity contribution in [1.29, 1.82) is 0 Å². The van der Waals surface area contributed by atoms with E-state index in [0.717, 1.165) is 19.3 Å². The predicted octanol–water partition coefficient (Wildman–Crippen LogP) is 5.37. The number of imide groups is 1. The van der Waals surface area contributed by atoms with E-state index >= 15 is 0 Å². The van der Waals surface area contributed by atoms with E-state index in [1.165, 1.54) is 77.0 Å². The van der Waals surface area contributed by atoms with Gasteiger partial charge in [-0.25, -0.2) is 0 Å². The van der Waals surface area contributed by atoms with E-state index in [2.05, 4.69) is 12.2 Å². The molecule has 0 aliphatic carbocycles. The fraction of sp³-hybridized carbons (Fsp3) is 0.864. The Bertz CT molecular complexity index is 402. The monoisotopic (exact) mass is 406 g/mol. The number of hydrogen-bond acceptors (Lipinski definition) is 3. The fourth-order valence-corrected chi connectivity index (χ4v) is 3.16. The van der Waals surface area contributed by atoms with Crippen LogP contribution in [-0.2, 0) is 14.4 Å². The van der Waals surface area contributed by atoms with Crippen LogP contribution in [0, 0.1) is 0 Å². The Morgan fingerprint density at radius 1 is 0.571 bits per heavy atom. The Kier molecular flexibility index (Phi) is 24.4. The summed E-state index contributed by atoms with van der Waals surface area (Å²) in [4.78, 5) is 33.2. The van der Waals surface area contributed by atoms with Gasteiger partial charge >= 0.3 is 5.97 Å². The number of rotatable bonds is 19. The van der Waals surface area contributed by atoms with Crippen molar-refractivity contribution in [2.24, 2.45) is 0 Å². The average Bonchev–Trinajstić information content (AvgIpc) is 2.63. The summed E-state index contributed by atoms with van der Waals surface area (Å²) in [6.07, 6.45) is 19.1. The molecule has 0 heterocycles. The number of nitrogens with one attached hydrogen (secondary N) is 1. The Balaban J connectivity index is 0. The number of carboxylic acids is 1. The van der Waals surface area contributed by atoms with Crippen LogP contribution in [0.4, 0.5) is 0 Å². The van der Waals surface area contributed by atoms with E-state index in [1.807, 2.05) is 0 Å². The first-order chi connectivity index (χ1) is 13.1. The van der Waals surface area contributed by atoms with Gasteiger partial charge in [0, 0.05) is 42.4 Å². The second-order valence-electron chi connectivity index (χ2n) is 7.56. The van der Waals surface area contributed by atoms with Crippen LogP contribution in [-0.4, -0.2) is 52.4 Å². The molecule has 0 bridgehead atoms. The molecule has 159 valence electrons. The number of carboxylic acid groups (broad SMARTS) is 1. The molecule has 0 rings (SSSR count). The largest absolute Gasteiger partial charge is 0.481 e. The van der Waals surface area contributed by atoms with Gasteiger partial charge in [-0.15, -0.1) is 0 Å². The average molecular weight is 407 g/mol. The second-order valence-corrected chi connectivity index (χ2v) is 7.56. The molecule has 0 aliphatic heterocycles. The minimum Gasteiger partial charge on any atom is -0.481 e. The molecule has 0 aromatic heterocycles. The van der Waals surface area contributed by atoms with Crippen LogP contribution in [0.15, 0.2) is 0 Å². The van der Waals surface area contributed by atoms with Gasteiger partial charge in [0.15, 0.2) is 0 Å². The molecule has 2 amide bonds. The maximum Gasteiger partial charge on any atom is 0.303 e. The number of aliphatic carboxylic acids is 1. The van der Waals surface area contributed by atoms with Crippen LogP contribution < -0.4 is 5.32 Å². The van der Waals surface area contributed by atoms with E-state index < -0.39 is 11.9 Å². The maximum atomic E-state index is 11.6. The molecule has 0 aromatic carbocycles. The van der Waals surface area contributed by atoms with Crippen LogP contribution in [0.5, 0.6) is 0 Å². The van der Waals surface area contributed by atoms with Gasteiger partial charge in [0.1, 0.15) is 0 Å². The van der Waals surface area contributed by atoms with E-state index in [1.54, 1.807) is 0 Å². The maximum absolute atomic E-state index is 11.6. The number of unbranched alkanes of at least 4 members (excludes halogenated alkanes) is 14. The summed E-state index contributed by atoms with van der Waals surface area (Å²) in [5.41, 5.74) is 0. The molecular weight excluding hydrogens is 365 g/mol. The first-order valence-corrected chi connectivity index (χ1v) is 11.1. The normalized spacial score (nSPS) is 10.3. The molecule has 0 saturated carbocycles. The zero-order valence-electron chi connectivity index (χ0n) is 18.4. The molecule has 0 aromatic rings. The third-order valence-corrected chi connectivity index (χ3v) is 4.85. The molecule has 28 heavy (non-hydrogen) atoms. The van der Waals surface area contributed by atoms with Crippen LogP contribution in [0.1, 0.15) is 122 Å². The van der Waals surface area contributed by atoms with Gasteiger partial charge in [-0.3, -0.25) is 19.7 Å². The molecule has 0 atom stereocenters. The molecule has 6 heteroatoms. The van der Waals surface area contributed by atoms with Crippen molar-refractivity contribution >= 4 is 47.3 Å². The molecular formula is C22H41NNaO4. The van der Waals surface area contributed by atoms with Gasteiger partial charge in [0.2, 0.25) is 11.8 Å². The summed E-state index contributed by atoms with van der Waals surface area (Å²) in [5.74, 6) is -1.82. The third kappa shape index (κ3) is 23.6. The third-order valence-electron chi connectivity index (χ3n) is 4.85. The molecule has 0 aliphatic rings. The number of carbonyl (C=O) groups excluding carboxylic acids is 2. The molecule has 5 nitrogen and oxygen atoms in total. The van der Waals surface area contributed by atoms with E-state index in [4.69, 9.17) is 5.11 Å². The van der Waals surface area contributed by atoms with Crippen molar-refractivity contribution < 1.29 is 19.5 Å². The smallest absolute Gasteiger partial charge is 0.303 e. The number of carbonyl (C=O) groups is 3. The van der Waals surface area contributed by atoms with Gasteiger partial charge in [0.25, 0.3) is 0 Å². The Labute approximate surface area is 194 Å². The van der Waals surface area contributed by atoms with Crippen molar-refractivity contribution in [3.8, 4) is 0 Å². The molecule has 0 spiro atoms. The summed E-state index contributed by atoms with van der Waals surface area (Å²) in [7, 11) is 0. The van der Waals surface area contributed by atoms with Crippen molar-refractivity contribution in [3.63, 3.8) is 0 Å². The summed E-state index contributed by atoms with van der Waals surface area (Å²) in [6, 6.07) is 0. The zero-order chi connectivity index (χ0) is 20.2. The fourth-order valence-electron chi connectivity index (χ4n) is 3.16. The van der Waals surface area contributed by atoms with Crippen LogP contribution in [0.25, 0.3) is 0 Å². The summed E-state index contributed by atoms with van der Waals surface area (Å²) in [6.45, 7) is 2.26. The summed E-state index contributed by atoms with van der Waals surface area (Å²) in [5, 5.41) is 10.7. The molecule has 2 N–H and O–H groups in total. The van der Waals surface area contributed by atoms with Crippen molar-refractivity contribution in [1.82, 2.24) is 5.32 Å². The van der Waals surface area contributed by atoms with E-state index in [0.29, 0.717) is 6.42 Å². The Hall–Kier alpha value is -0.390. The Morgan fingerprint density at radius 3 is 1.32 bits per heavy atom. The topological polar surface area (TPSA) is 83.5 Å². The quantitative estimate of drug-likeness (QED) is 0.223. The van der Waals surface area contributed by atoms with E-state index in [9.17, 15) is 14.4 Å². The SMILES string of the molecule is CCCCCCCCCCCCCCCCCC(=O)NC(=O)CCC(=O)O.[Na]. The van der Waals surface area contributed by atoms with Crippen molar-refractivity contribution in [2.45, 2.75) is 122 Å². The van der Waals surface area contributed by atoms with Gasteiger partial charge in [-0.1, -0.05) is 96.8 Å². The predicted molar refractivity (Wildman–Crippen MR) is 115 cm³/mol. The molecule has 0 unspecified atom stereocenters. The Morgan fingerprint density at radius 2 is 0.929 bits per heavy atom. The zero-order valence-corrected chi connectivity index (χ0v) is 20.4. The van der Waals surface area contributed by atoms with Crippen molar-refractivity contribution in [2.75, 3.05) is 0 Å². The molecule has 1 radical (unpaired) electrons. The standard InChI is InChI=1S/C22H41NO4.Na/c1-2-3-4-5-6-7-8-9-10-11-12-13-14-15-16-17-20(24)23-21(25)18-19-22(26)27;/h2-19H2,1H3,(H,26,27)(H,23,24,25);. The minimum absolute atomic E-state index is 0. The number of amides is 2. The number of hydrogen-bond donors (Lipinski definition) is 2. The minimum atomic E-state index is -1.03. The second kappa shape index (κ2) is 22.9. The van der Waals surface area contributed by atoms with Gasteiger partial charge < -0.3 is 5.11 Å². The van der Waals surface area contributed by atoms with Gasteiger partial charge in [0.05, 0.1) is 6.42 Å². The first kappa shape index (κ1) is 29.8. The van der Waals surface area contributed by atoms with Crippen LogP contribution >= 0.6 is 0 Å². The van der Waals surface area contributed by atoms with Crippen LogP contribution in [0.2, 0.25) is 0 Å². The summed E-state index contributed by atoms with van der Waals surface area (Å²) >= 11 is 0. The van der Waals surface area contributed by atoms with E-state index in [-0.39, 0.29) is 48.3 Å².